The van der Waals surface area contributed by atoms with Gasteiger partial charge >= 0.3 is 0 Å². The molecule has 6 heteroatoms. The van der Waals surface area contributed by atoms with Crippen molar-refractivity contribution >= 4 is 17.4 Å². The summed E-state index contributed by atoms with van der Waals surface area (Å²) >= 11 is 1.20. The molecule has 1 aromatic rings. The van der Waals surface area contributed by atoms with Gasteiger partial charge in [0, 0.05) is 18.5 Å². The predicted octanol–water partition coefficient (Wildman–Crippen LogP) is 1.65. The highest BCUT2D eigenvalue weighted by atomic mass is 32.1. The summed E-state index contributed by atoms with van der Waals surface area (Å²) in [6, 6.07) is 0. The van der Waals surface area contributed by atoms with Crippen LogP contribution in [0.25, 0.3) is 0 Å². The van der Waals surface area contributed by atoms with Crippen molar-refractivity contribution in [3.63, 3.8) is 0 Å². The van der Waals surface area contributed by atoms with Gasteiger partial charge in [0.15, 0.2) is 0 Å². The highest BCUT2D eigenvalue weighted by Crippen LogP contribution is 2.28. The number of amides is 1. The molecule has 19 heavy (non-hydrogen) atoms. The van der Waals surface area contributed by atoms with E-state index in [9.17, 15) is 4.79 Å². The lowest BCUT2D eigenvalue weighted by molar-refractivity contribution is 0.0680. The molecule has 1 amide bonds. The van der Waals surface area contributed by atoms with Crippen LogP contribution in [0, 0.1) is 5.92 Å². The third kappa shape index (κ3) is 3.12. The minimum absolute atomic E-state index is 0.0677. The van der Waals surface area contributed by atoms with Gasteiger partial charge in [-0.2, -0.15) is 0 Å². The molecule has 5 nitrogen and oxygen atoms in total. The molecule has 2 heterocycles. The first-order chi connectivity index (χ1) is 8.93. The molecule has 1 unspecified atom stereocenters. The summed E-state index contributed by atoms with van der Waals surface area (Å²) in [5.41, 5.74) is 6.37. The first-order valence-electron chi connectivity index (χ1n) is 6.75. The van der Waals surface area contributed by atoms with Gasteiger partial charge in [-0.25, -0.2) is 0 Å². The largest absolute Gasteiger partial charge is 0.338 e. The maximum absolute atomic E-state index is 12.6. The zero-order chi connectivity index (χ0) is 14.0. The number of nitrogens with two attached hydrogens (primary N) is 1. The van der Waals surface area contributed by atoms with E-state index < -0.39 is 0 Å². The van der Waals surface area contributed by atoms with E-state index in [1.54, 1.807) is 0 Å². The van der Waals surface area contributed by atoms with Gasteiger partial charge in [-0.3, -0.25) is 4.79 Å². The molecule has 0 saturated carbocycles. The first kappa shape index (κ1) is 14.4. The molecule has 0 bridgehead atoms. The Hall–Kier alpha value is -1.01. The quantitative estimate of drug-likeness (QED) is 0.895. The Morgan fingerprint density at radius 1 is 1.53 bits per heavy atom. The Morgan fingerprint density at radius 2 is 2.26 bits per heavy atom. The van der Waals surface area contributed by atoms with E-state index in [1.165, 1.54) is 11.5 Å². The molecule has 106 valence electrons. The molecule has 2 N–H and O–H groups in total. The fourth-order valence-corrected chi connectivity index (χ4v) is 3.25. The number of likely N-dealkylation sites (tertiary alicyclic amines) is 1. The summed E-state index contributed by atoms with van der Waals surface area (Å²) in [6.07, 6.45) is 2.15. The SMILES string of the molecule is CC(C)(C)c1nnsc1C(=O)N1CCCC(CN)C1. The second-order valence-electron chi connectivity index (χ2n) is 6.20. The highest BCUT2D eigenvalue weighted by Gasteiger charge is 2.31. The highest BCUT2D eigenvalue weighted by molar-refractivity contribution is 7.08. The Balaban J connectivity index is 2.18. The number of rotatable bonds is 2. The third-order valence-electron chi connectivity index (χ3n) is 3.53. The first-order valence-corrected chi connectivity index (χ1v) is 7.53. The summed E-state index contributed by atoms with van der Waals surface area (Å²) in [5.74, 6) is 0.495. The number of aromatic nitrogens is 2. The number of carbonyl (C=O) groups is 1. The molecular weight excluding hydrogens is 260 g/mol. The van der Waals surface area contributed by atoms with E-state index in [-0.39, 0.29) is 11.3 Å². The van der Waals surface area contributed by atoms with Crippen LogP contribution in [-0.2, 0) is 5.41 Å². The van der Waals surface area contributed by atoms with E-state index in [4.69, 9.17) is 5.73 Å². The van der Waals surface area contributed by atoms with Crippen molar-refractivity contribution in [2.24, 2.45) is 11.7 Å². The van der Waals surface area contributed by atoms with Gasteiger partial charge in [0.05, 0.1) is 5.69 Å². The molecule has 1 aliphatic heterocycles. The van der Waals surface area contributed by atoms with Crippen LogP contribution in [0.5, 0.6) is 0 Å². The standard InChI is InChI=1S/C13H22N4OS/c1-13(2,3)11-10(19-16-15-11)12(18)17-6-4-5-9(7-14)8-17/h9H,4-8,14H2,1-3H3. The van der Waals surface area contributed by atoms with Crippen molar-refractivity contribution in [3.05, 3.63) is 10.6 Å². The molecule has 0 aromatic carbocycles. The van der Waals surface area contributed by atoms with Crippen molar-refractivity contribution in [1.82, 2.24) is 14.5 Å². The molecule has 1 saturated heterocycles. The van der Waals surface area contributed by atoms with Crippen LogP contribution in [0.4, 0.5) is 0 Å². The lowest BCUT2D eigenvalue weighted by Gasteiger charge is -2.32. The fraction of sp³-hybridized carbons (Fsp3) is 0.769. The Labute approximate surface area is 118 Å². The van der Waals surface area contributed by atoms with Crippen LogP contribution in [0.2, 0.25) is 0 Å². The zero-order valence-corrected chi connectivity index (χ0v) is 12.7. The van der Waals surface area contributed by atoms with E-state index in [2.05, 4.69) is 30.4 Å². The van der Waals surface area contributed by atoms with Gasteiger partial charge in [-0.15, -0.1) is 5.10 Å². The lowest BCUT2D eigenvalue weighted by Crippen LogP contribution is -2.42. The molecule has 0 radical (unpaired) electrons. The van der Waals surface area contributed by atoms with E-state index >= 15 is 0 Å². The second-order valence-corrected chi connectivity index (χ2v) is 6.95. The molecular formula is C13H22N4OS. The predicted molar refractivity (Wildman–Crippen MR) is 76.3 cm³/mol. The smallest absolute Gasteiger partial charge is 0.267 e. The number of nitrogens with zero attached hydrogens (tertiary/aromatic N) is 3. The van der Waals surface area contributed by atoms with Gasteiger partial charge in [0.2, 0.25) is 0 Å². The number of piperidine rings is 1. The van der Waals surface area contributed by atoms with Crippen LogP contribution in [0.1, 0.15) is 49.0 Å². The van der Waals surface area contributed by atoms with E-state index in [0.29, 0.717) is 17.3 Å². The van der Waals surface area contributed by atoms with Crippen molar-refractivity contribution in [2.75, 3.05) is 19.6 Å². The van der Waals surface area contributed by atoms with Gasteiger partial charge in [0.25, 0.3) is 5.91 Å². The second kappa shape index (κ2) is 5.54. The molecule has 0 spiro atoms. The van der Waals surface area contributed by atoms with E-state index in [0.717, 1.165) is 31.6 Å². The van der Waals surface area contributed by atoms with Crippen LogP contribution in [0.15, 0.2) is 0 Å². The van der Waals surface area contributed by atoms with E-state index in [1.807, 2.05) is 4.90 Å². The molecule has 1 aliphatic rings. The summed E-state index contributed by atoms with van der Waals surface area (Å²) in [7, 11) is 0. The Bertz CT molecular complexity index is 452. The van der Waals surface area contributed by atoms with Crippen LogP contribution >= 0.6 is 11.5 Å². The maximum Gasteiger partial charge on any atom is 0.267 e. The number of hydrogen-bond donors (Lipinski definition) is 1. The van der Waals surface area contributed by atoms with Crippen LogP contribution in [0.3, 0.4) is 0 Å². The summed E-state index contributed by atoms with van der Waals surface area (Å²) in [6.45, 7) is 8.39. The Kier molecular flexibility index (Phi) is 4.20. The minimum atomic E-state index is -0.152. The van der Waals surface area contributed by atoms with Crippen LogP contribution in [-0.4, -0.2) is 40.0 Å². The average Bonchev–Trinajstić information content (AvgIpc) is 2.87. The minimum Gasteiger partial charge on any atom is -0.338 e. The summed E-state index contributed by atoms with van der Waals surface area (Å²) in [4.78, 5) is 15.2. The van der Waals surface area contributed by atoms with Gasteiger partial charge in [0.1, 0.15) is 4.88 Å². The third-order valence-corrected chi connectivity index (χ3v) is 4.25. The number of hydrogen-bond acceptors (Lipinski definition) is 5. The molecule has 0 aliphatic carbocycles. The van der Waals surface area contributed by atoms with Crippen molar-refractivity contribution in [3.8, 4) is 0 Å². The summed E-state index contributed by atoms with van der Waals surface area (Å²) < 4.78 is 3.96. The molecule has 2 rings (SSSR count). The van der Waals surface area contributed by atoms with Gasteiger partial charge in [-0.1, -0.05) is 25.3 Å². The molecule has 1 aromatic heterocycles. The normalized spacial score (nSPS) is 20.6. The van der Waals surface area contributed by atoms with Crippen molar-refractivity contribution in [2.45, 2.75) is 39.0 Å². The zero-order valence-electron chi connectivity index (χ0n) is 11.8. The van der Waals surface area contributed by atoms with Crippen molar-refractivity contribution < 1.29 is 4.79 Å². The van der Waals surface area contributed by atoms with Gasteiger partial charge in [-0.05, 0) is 36.8 Å². The van der Waals surface area contributed by atoms with Gasteiger partial charge < -0.3 is 10.6 Å². The maximum atomic E-state index is 12.6. The number of carbonyl (C=O) groups excluding carboxylic acids is 1. The molecule has 1 fully saturated rings. The van der Waals surface area contributed by atoms with Crippen molar-refractivity contribution in [1.29, 1.82) is 0 Å². The monoisotopic (exact) mass is 282 g/mol. The summed E-state index contributed by atoms with van der Waals surface area (Å²) in [5, 5.41) is 4.14. The Morgan fingerprint density at radius 3 is 2.89 bits per heavy atom. The average molecular weight is 282 g/mol. The lowest BCUT2D eigenvalue weighted by atomic mass is 9.91. The fourth-order valence-electron chi connectivity index (χ4n) is 2.41. The topological polar surface area (TPSA) is 72.1 Å². The molecule has 1 atom stereocenters. The van der Waals surface area contributed by atoms with Crippen LogP contribution < -0.4 is 5.73 Å².